The van der Waals surface area contributed by atoms with Gasteiger partial charge in [0.25, 0.3) is 0 Å². The second-order valence-corrected chi connectivity index (χ2v) is 9.67. The quantitative estimate of drug-likeness (QED) is 0.778. The van der Waals surface area contributed by atoms with E-state index >= 15 is 0 Å². The average molecular weight is 417 g/mol. The summed E-state index contributed by atoms with van der Waals surface area (Å²) in [5.41, 5.74) is 0.0635. The first-order valence-electron chi connectivity index (χ1n) is 11.1. The van der Waals surface area contributed by atoms with Gasteiger partial charge in [-0.15, -0.1) is 0 Å². The number of carbonyl (C=O) groups excluding carboxylic acids is 2. The van der Waals surface area contributed by atoms with E-state index in [-0.39, 0.29) is 17.9 Å². The zero-order chi connectivity index (χ0) is 21.8. The van der Waals surface area contributed by atoms with Crippen molar-refractivity contribution in [1.82, 2.24) is 10.2 Å². The molecule has 1 saturated heterocycles. The molecule has 3 rings (SSSR count). The first-order chi connectivity index (χ1) is 14.2. The molecule has 1 aliphatic carbocycles. The molecule has 1 heterocycles. The van der Waals surface area contributed by atoms with Gasteiger partial charge < -0.3 is 19.7 Å². The number of ether oxygens (including phenoxy) is 2. The lowest BCUT2D eigenvalue weighted by molar-refractivity contribution is -0.126. The fourth-order valence-corrected chi connectivity index (χ4v) is 4.68. The summed E-state index contributed by atoms with van der Waals surface area (Å²) < 4.78 is 10.9. The van der Waals surface area contributed by atoms with E-state index in [1.165, 1.54) is 0 Å². The Morgan fingerprint density at radius 1 is 1.20 bits per heavy atom. The van der Waals surface area contributed by atoms with Crippen LogP contribution in [0.1, 0.15) is 64.9 Å². The third-order valence-corrected chi connectivity index (χ3v) is 6.24. The molecule has 1 aromatic carbocycles. The van der Waals surface area contributed by atoms with Crippen molar-refractivity contribution < 1.29 is 19.1 Å². The van der Waals surface area contributed by atoms with Crippen molar-refractivity contribution in [3.05, 3.63) is 29.8 Å². The minimum absolute atomic E-state index is 0.0997. The van der Waals surface area contributed by atoms with E-state index in [0.29, 0.717) is 19.6 Å². The first kappa shape index (κ1) is 22.4. The maximum absolute atomic E-state index is 13.4. The van der Waals surface area contributed by atoms with Gasteiger partial charge in [-0.1, -0.05) is 25.0 Å². The maximum Gasteiger partial charge on any atom is 0.410 e. The standard InChI is InChI=1S/C24H36N2O4/c1-23(2,3)30-22(28)26-14-8-9-18(17-26)16-25-21(27)24(12-5-6-13-24)19-10-7-11-20(15-19)29-4/h7,10-11,15,18H,5-6,8-9,12-14,16-17H2,1-4H3,(H,25,27). The Morgan fingerprint density at radius 3 is 2.60 bits per heavy atom. The fraction of sp³-hybridized carbons (Fsp3) is 0.667. The Balaban J connectivity index is 1.62. The van der Waals surface area contributed by atoms with Crippen LogP contribution < -0.4 is 10.1 Å². The highest BCUT2D eigenvalue weighted by Gasteiger charge is 2.43. The third-order valence-electron chi connectivity index (χ3n) is 6.24. The molecule has 6 heteroatoms. The Bertz CT molecular complexity index is 750. The van der Waals surface area contributed by atoms with Crippen LogP contribution in [-0.2, 0) is 14.9 Å². The van der Waals surface area contributed by atoms with Crippen LogP contribution in [0.25, 0.3) is 0 Å². The number of hydrogen-bond donors (Lipinski definition) is 1. The number of nitrogens with one attached hydrogen (secondary N) is 1. The van der Waals surface area contributed by atoms with Crippen LogP contribution in [0.4, 0.5) is 4.79 Å². The number of rotatable bonds is 5. The van der Waals surface area contributed by atoms with Crippen LogP contribution >= 0.6 is 0 Å². The molecule has 1 N–H and O–H groups in total. The highest BCUT2D eigenvalue weighted by molar-refractivity contribution is 5.88. The molecule has 0 radical (unpaired) electrons. The number of benzene rings is 1. The summed E-state index contributed by atoms with van der Waals surface area (Å²) >= 11 is 0. The molecule has 0 aromatic heterocycles. The molecule has 0 spiro atoms. The SMILES string of the molecule is COc1cccc(C2(C(=O)NCC3CCCN(C(=O)OC(C)(C)C)C3)CCCC2)c1. The van der Waals surface area contributed by atoms with Crippen molar-refractivity contribution in [2.24, 2.45) is 5.92 Å². The lowest BCUT2D eigenvalue weighted by Crippen LogP contribution is -2.48. The van der Waals surface area contributed by atoms with Gasteiger partial charge in [0, 0.05) is 19.6 Å². The van der Waals surface area contributed by atoms with Crippen molar-refractivity contribution in [2.45, 2.75) is 70.3 Å². The molecule has 166 valence electrons. The summed E-state index contributed by atoms with van der Waals surface area (Å²) in [4.78, 5) is 27.5. The summed E-state index contributed by atoms with van der Waals surface area (Å²) in [6, 6.07) is 7.91. The molecule has 6 nitrogen and oxygen atoms in total. The molecule has 1 aliphatic heterocycles. The monoisotopic (exact) mass is 416 g/mol. The van der Waals surface area contributed by atoms with Crippen LogP contribution in [-0.4, -0.2) is 49.2 Å². The minimum Gasteiger partial charge on any atom is -0.497 e. The lowest BCUT2D eigenvalue weighted by atomic mass is 9.77. The number of carbonyl (C=O) groups is 2. The van der Waals surface area contributed by atoms with Crippen LogP contribution in [0.5, 0.6) is 5.75 Å². The van der Waals surface area contributed by atoms with Gasteiger partial charge in [-0.3, -0.25) is 4.79 Å². The highest BCUT2D eigenvalue weighted by atomic mass is 16.6. The van der Waals surface area contributed by atoms with E-state index in [4.69, 9.17) is 9.47 Å². The van der Waals surface area contributed by atoms with Crippen LogP contribution in [0, 0.1) is 5.92 Å². The zero-order valence-electron chi connectivity index (χ0n) is 18.8. The van der Waals surface area contributed by atoms with E-state index in [1.807, 2.05) is 45.0 Å². The molecule has 0 bridgehead atoms. The summed E-state index contributed by atoms with van der Waals surface area (Å²) in [5, 5.41) is 3.22. The highest BCUT2D eigenvalue weighted by Crippen LogP contribution is 2.42. The topological polar surface area (TPSA) is 67.9 Å². The Hall–Kier alpha value is -2.24. The van der Waals surface area contributed by atoms with Crippen molar-refractivity contribution in [3.8, 4) is 5.75 Å². The van der Waals surface area contributed by atoms with E-state index in [0.717, 1.165) is 49.8 Å². The van der Waals surface area contributed by atoms with Gasteiger partial charge in [0.15, 0.2) is 0 Å². The number of methoxy groups -OCH3 is 1. The largest absolute Gasteiger partial charge is 0.497 e. The smallest absolute Gasteiger partial charge is 0.410 e. The molecular weight excluding hydrogens is 380 g/mol. The van der Waals surface area contributed by atoms with Gasteiger partial charge in [-0.25, -0.2) is 4.79 Å². The summed E-state index contributed by atoms with van der Waals surface area (Å²) in [6.45, 7) is 7.57. The Morgan fingerprint density at radius 2 is 1.93 bits per heavy atom. The van der Waals surface area contributed by atoms with Gasteiger partial charge >= 0.3 is 6.09 Å². The molecule has 1 aromatic rings. The van der Waals surface area contributed by atoms with Gasteiger partial charge in [-0.05, 0) is 70.1 Å². The predicted molar refractivity (Wildman–Crippen MR) is 117 cm³/mol. The number of amides is 2. The van der Waals surface area contributed by atoms with Crippen molar-refractivity contribution >= 4 is 12.0 Å². The number of nitrogens with zero attached hydrogens (tertiary/aromatic N) is 1. The molecule has 2 aliphatic rings. The molecule has 2 fully saturated rings. The summed E-state index contributed by atoms with van der Waals surface area (Å²) in [7, 11) is 1.65. The van der Waals surface area contributed by atoms with Crippen molar-refractivity contribution in [1.29, 1.82) is 0 Å². The van der Waals surface area contributed by atoms with Crippen LogP contribution in [0.2, 0.25) is 0 Å². The normalized spacial score (nSPS) is 21.2. The molecule has 30 heavy (non-hydrogen) atoms. The van der Waals surface area contributed by atoms with Gasteiger partial charge in [0.2, 0.25) is 5.91 Å². The second kappa shape index (κ2) is 9.27. The van der Waals surface area contributed by atoms with Gasteiger partial charge in [-0.2, -0.15) is 0 Å². The zero-order valence-corrected chi connectivity index (χ0v) is 18.8. The van der Waals surface area contributed by atoms with Crippen molar-refractivity contribution in [2.75, 3.05) is 26.7 Å². The third kappa shape index (κ3) is 5.27. The minimum atomic E-state index is -0.496. The fourth-order valence-electron chi connectivity index (χ4n) is 4.68. The molecule has 2 amide bonds. The van der Waals surface area contributed by atoms with E-state index in [2.05, 4.69) is 5.32 Å². The maximum atomic E-state index is 13.4. The van der Waals surface area contributed by atoms with Gasteiger partial charge in [0.05, 0.1) is 12.5 Å². The molecule has 1 unspecified atom stereocenters. The molecular formula is C24H36N2O4. The predicted octanol–water partition coefficient (Wildman–Crippen LogP) is 4.27. The molecule has 1 atom stereocenters. The molecule has 1 saturated carbocycles. The second-order valence-electron chi connectivity index (χ2n) is 9.67. The van der Waals surface area contributed by atoms with Crippen molar-refractivity contribution in [3.63, 3.8) is 0 Å². The summed E-state index contributed by atoms with van der Waals surface area (Å²) in [6.07, 6.45) is 5.51. The first-order valence-corrected chi connectivity index (χ1v) is 11.1. The lowest BCUT2D eigenvalue weighted by Gasteiger charge is -2.35. The number of hydrogen-bond acceptors (Lipinski definition) is 4. The van der Waals surface area contributed by atoms with E-state index in [1.54, 1.807) is 12.0 Å². The van der Waals surface area contributed by atoms with E-state index < -0.39 is 11.0 Å². The Labute approximate surface area is 180 Å². The van der Waals surface area contributed by atoms with Crippen LogP contribution in [0.3, 0.4) is 0 Å². The number of likely N-dealkylation sites (tertiary alicyclic amines) is 1. The van der Waals surface area contributed by atoms with Gasteiger partial charge in [0.1, 0.15) is 11.4 Å². The average Bonchev–Trinajstić information content (AvgIpc) is 3.22. The van der Waals surface area contributed by atoms with E-state index in [9.17, 15) is 9.59 Å². The summed E-state index contributed by atoms with van der Waals surface area (Å²) in [5.74, 6) is 1.13. The van der Waals surface area contributed by atoms with Crippen LogP contribution in [0.15, 0.2) is 24.3 Å². The Kier molecular flexibility index (Phi) is 6.94. The number of piperidine rings is 1.